The van der Waals surface area contributed by atoms with Crippen LogP contribution in [-0.4, -0.2) is 79.4 Å². The molecule has 29 heavy (non-hydrogen) atoms. The van der Waals surface area contributed by atoms with Gasteiger partial charge in [-0.25, -0.2) is 9.67 Å². The Balaban J connectivity index is 0.000000645. The summed E-state index contributed by atoms with van der Waals surface area (Å²) in [7, 11) is 0. The lowest BCUT2D eigenvalue weighted by Crippen LogP contribution is -2.56. The second-order valence-electron chi connectivity index (χ2n) is 7.02. The number of amides is 2. The highest BCUT2D eigenvalue weighted by molar-refractivity contribution is 5.99. The molecule has 3 aliphatic heterocycles. The van der Waals surface area contributed by atoms with E-state index in [0.717, 1.165) is 6.42 Å². The molecule has 10 nitrogen and oxygen atoms in total. The molecule has 4 heterocycles. The number of aromatic nitrogens is 3. The molecule has 2 amide bonds. The van der Waals surface area contributed by atoms with Gasteiger partial charge in [0, 0.05) is 19.5 Å². The second-order valence-corrected chi connectivity index (χ2v) is 7.02. The van der Waals surface area contributed by atoms with E-state index >= 15 is 0 Å². The zero-order valence-corrected chi connectivity index (χ0v) is 15.7. The summed E-state index contributed by atoms with van der Waals surface area (Å²) in [5.41, 5.74) is 0.603. The topological polar surface area (TPSA) is 118 Å². The minimum absolute atomic E-state index is 0.0803. The zero-order chi connectivity index (χ0) is 20.4. The summed E-state index contributed by atoms with van der Waals surface area (Å²) in [6.45, 7) is 1.68. The Bertz CT molecular complexity index is 917. The standard InChI is InChI=1S/C18H19N5O3.CH2O2/c24-16-10-15-18(22(16)7-3-9-26-18)6-8-21(15)17(25)13-4-1-2-5-14(13)23-12-19-11-20-23;2-1-3/h1-2,4-5,11-12,15H,3,6-10H2;1H,(H,2,3)/t15-,18+;/m1./s1. The van der Waals surface area contributed by atoms with Gasteiger partial charge in [-0.1, -0.05) is 12.1 Å². The molecule has 10 heteroatoms. The molecular formula is C19H21N5O5. The number of rotatable bonds is 2. The minimum Gasteiger partial charge on any atom is -0.483 e. The van der Waals surface area contributed by atoms with Gasteiger partial charge in [-0.05, 0) is 18.6 Å². The first-order valence-electron chi connectivity index (χ1n) is 9.39. The number of ether oxygens (including phenoxy) is 1. The van der Waals surface area contributed by atoms with E-state index < -0.39 is 5.72 Å². The Morgan fingerprint density at radius 2 is 2.10 bits per heavy atom. The van der Waals surface area contributed by atoms with Gasteiger partial charge in [0.1, 0.15) is 12.7 Å². The van der Waals surface area contributed by atoms with Gasteiger partial charge in [0.15, 0.2) is 5.72 Å². The van der Waals surface area contributed by atoms with E-state index in [-0.39, 0.29) is 24.3 Å². The van der Waals surface area contributed by atoms with E-state index in [1.54, 1.807) is 22.0 Å². The van der Waals surface area contributed by atoms with Crippen molar-refractivity contribution < 1.29 is 24.2 Å². The predicted molar refractivity (Wildman–Crippen MR) is 99.1 cm³/mol. The first-order chi connectivity index (χ1) is 14.1. The SMILES string of the molecule is O=C(c1ccccc1-n1cncn1)N1CC[C@@]23OCCCN2C(=O)C[C@@H]13.O=CO. The molecule has 5 rings (SSSR count). The molecule has 152 valence electrons. The fourth-order valence-electron chi connectivity index (χ4n) is 4.53. The van der Waals surface area contributed by atoms with Gasteiger partial charge in [-0.15, -0.1) is 0 Å². The summed E-state index contributed by atoms with van der Waals surface area (Å²) in [6.07, 6.45) is 4.86. The third kappa shape index (κ3) is 3.05. The molecule has 3 aliphatic rings. The Hall–Kier alpha value is -3.27. The van der Waals surface area contributed by atoms with Crippen molar-refractivity contribution in [3.8, 4) is 5.69 Å². The molecule has 1 N–H and O–H groups in total. The Morgan fingerprint density at radius 1 is 1.31 bits per heavy atom. The van der Waals surface area contributed by atoms with Crippen LogP contribution in [0.3, 0.4) is 0 Å². The monoisotopic (exact) mass is 399 g/mol. The zero-order valence-electron chi connectivity index (χ0n) is 15.7. The van der Waals surface area contributed by atoms with Crippen molar-refractivity contribution in [3.05, 3.63) is 42.5 Å². The molecule has 1 aromatic carbocycles. The number of carbonyl (C=O) groups excluding carboxylic acids is 2. The Kier molecular flexibility index (Phi) is 5.01. The lowest BCUT2D eigenvalue weighted by Gasteiger charge is -2.42. The largest absolute Gasteiger partial charge is 0.483 e. The highest BCUT2D eigenvalue weighted by Gasteiger charge is 2.61. The van der Waals surface area contributed by atoms with Gasteiger partial charge in [-0.2, -0.15) is 5.10 Å². The van der Waals surface area contributed by atoms with Gasteiger partial charge >= 0.3 is 0 Å². The fourth-order valence-corrected chi connectivity index (χ4v) is 4.53. The van der Waals surface area contributed by atoms with Gasteiger partial charge in [0.25, 0.3) is 12.4 Å². The van der Waals surface area contributed by atoms with Crippen molar-refractivity contribution in [3.63, 3.8) is 0 Å². The second kappa shape index (κ2) is 7.63. The lowest BCUT2D eigenvalue weighted by molar-refractivity contribution is -0.179. The number of carboxylic acid groups (broad SMARTS) is 1. The highest BCUT2D eigenvalue weighted by Crippen LogP contribution is 2.45. The maximum atomic E-state index is 13.4. The Morgan fingerprint density at radius 3 is 2.86 bits per heavy atom. The molecule has 2 atom stereocenters. The minimum atomic E-state index is -0.632. The summed E-state index contributed by atoms with van der Waals surface area (Å²) in [5.74, 6) is -0.0152. The average Bonchev–Trinajstić information content (AvgIpc) is 3.44. The quantitative estimate of drug-likeness (QED) is 0.732. The van der Waals surface area contributed by atoms with Crippen molar-refractivity contribution in [2.75, 3.05) is 19.7 Å². The maximum Gasteiger partial charge on any atom is 0.290 e. The van der Waals surface area contributed by atoms with E-state index in [2.05, 4.69) is 10.1 Å². The van der Waals surface area contributed by atoms with Gasteiger partial charge in [0.05, 0.1) is 30.3 Å². The third-order valence-electron chi connectivity index (χ3n) is 5.67. The average molecular weight is 399 g/mol. The van der Waals surface area contributed by atoms with Crippen LogP contribution in [0.15, 0.2) is 36.9 Å². The van der Waals surface area contributed by atoms with Crippen LogP contribution in [0.5, 0.6) is 0 Å². The summed E-state index contributed by atoms with van der Waals surface area (Å²) >= 11 is 0. The van der Waals surface area contributed by atoms with Gasteiger partial charge in [-0.3, -0.25) is 14.4 Å². The van der Waals surface area contributed by atoms with Crippen LogP contribution in [0.4, 0.5) is 0 Å². The van der Waals surface area contributed by atoms with Crippen molar-refractivity contribution >= 4 is 18.3 Å². The normalized spacial score (nSPS) is 25.1. The van der Waals surface area contributed by atoms with E-state index in [0.29, 0.717) is 43.8 Å². The molecule has 3 fully saturated rings. The number of carbonyl (C=O) groups is 3. The van der Waals surface area contributed by atoms with E-state index in [9.17, 15) is 9.59 Å². The number of hydrogen-bond acceptors (Lipinski definition) is 6. The number of para-hydroxylation sites is 1. The molecule has 3 saturated heterocycles. The number of benzene rings is 1. The summed E-state index contributed by atoms with van der Waals surface area (Å²) in [6, 6.07) is 7.11. The van der Waals surface area contributed by atoms with Crippen molar-refractivity contribution in [1.29, 1.82) is 0 Å². The first-order valence-corrected chi connectivity index (χ1v) is 9.39. The molecule has 0 unspecified atom stereocenters. The van der Waals surface area contributed by atoms with Crippen LogP contribution in [0.25, 0.3) is 5.69 Å². The third-order valence-corrected chi connectivity index (χ3v) is 5.67. The first kappa shape index (κ1) is 19.1. The van der Waals surface area contributed by atoms with Crippen LogP contribution < -0.4 is 0 Å². The fraction of sp³-hybridized carbons (Fsp3) is 0.421. The van der Waals surface area contributed by atoms with Crippen molar-refractivity contribution in [2.45, 2.75) is 31.0 Å². The smallest absolute Gasteiger partial charge is 0.290 e. The molecule has 0 radical (unpaired) electrons. The van der Waals surface area contributed by atoms with Crippen LogP contribution in [-0.2, 0) is 14.3 Å². The van der Waals surface area contributed by atoms with E-state index in [1.165, 1.54) is 6.33 Å². The van der Waals surface area contributed by atoms with E-state index in [1.807, 2.05) is 23.1 Å². The van der Waals surface area contributed by atoms with Gasteiger partial charge < -0.3 is 19.6 Å². The molecule has 1 aromatic heterocycles. The number of hydrogen-bond donors (Lipinski definition) is 1. The molecular weight excluding hydrogens is 378 g/mol. The number of nitrogens with zero attached hydrogens (tertiary/aromatic N) is 5. The predicted octanol–water partition coefficient (Wildman–Crippen LogP) is 0.531. The number of likely N-dealkylation sites (tertiary alicyclic amines) is 1. The lowest BCUT2D eigenvalue weighted by atomic mass is 10.0. The van der Waals surface area contributed by atoms with E-state index in [4.69, 9.17) is 14.6 Å². The Labute approximate surface area is 166 Å². The van der Waals surface area contributed by atoms with Crippen LogP contribution >= 0.6 is 0 Å². The van der Waals surface area contributed by atoms with Gasteiger partial charge in [0.2, 0.25) is 5.91 Å². The van der Waals surface area contributed by atoms with Crippen molar-refractivity contribution in [1.82, 2.24) is 24.6 Å². The molecule has 0 bridgehead atoms. The van der Waals surface area contributed by atoms with Crippen LogP contribution in [0, 0.1) is 0 Å². The molecule has 1 spiro atoms. The van der Waals surface area contributed by atoms with Crippen LogP contribution in [0.1, 0.15) is 29.6 Å². The molecule has 2 aromatic rings. The van der Waals surface area contributed by atoms with Crippen molar-refractivity contribution in [2.24, 2.45) is 0 Å². The summed E-state index contributed by atoms with van der Waals surface area (Å²) in [4.78, 5) is 41.8. The molecule has 0 saturated carbocycles. The van der Waals surface area contributed by atoms with Crippen LogP contribution in [0.2, 0.25) is 0 Å². The molecule has 0 aliphatic carbocycles. The summed E-state index contributed by atoms with van der Waals surface area (Å²) < 4.78 is 7.67. The maximum absolute atomic E-state index is 13.4. The summed E-state index contributed by atoms with van der Waals surface area (Å²) in [5, 5.41) is 11.0. The highest BCUT2D eigenvalue weighted by atomic mass is 16.5.